The largest absolute Gasteiger partial charge is 0.478 e. The van der Waals surface area contributed by atoms with Gasteiger partial charge >= 0.3 is 12.0 Å². The first-order valence-electron chi connectivity index (χ1n) is 5.80. The fourth-order valence-electron chi connectivity index (χ4n) is 1.45. The molecule has 6 nitrogen and oxygen atoms in total. The molecule has 7 heteroatoms. The summed E-state index contributed by atoms with van der Waals surface area (Å²) in [5, 5.41) is 20.1. The minimum absolute atomic E-state index is 0.0316. The van der Waals surface area contributed by atoms with Crippen molar-refractivity contribution in [2.24, 2.45) is 0 Å². The van der Waals surface area contributed by atoms with Gasteiger partial charge in [0, 0.05) is 18.8 Å². The van der Waals surface area contributed by atoms with Crippen molar-refractivity contribution in [2.75, 3.05) is 12.4 Å². The molecule has 0 saturated heterocycles. The molecule has 1 atom stereocenters. The van der Waals surface area contributed by atoms with Crippen LogP contribution < -0.4 is 5.32 Å². The fraction of sp³-hybridized carbons (Fsp3) is 0.308. The number of carboxylic acid groups (broad SMARTS) is 1. The Hall–Kier alpha value is -2.26. The number of nitriles is 1. The van der Waals surface area contributed by atoms with Crippen LogP contribution in [0.2, 0.25) is 5.02 Å². The number of hydrogen-bond acceptors (Lipinski definition) is 3. The third-order valence-corrected chi connectivity index (χ3v) is 3.13. The van der Waals surface area contributed by atoms with Crippen molar-refractivity contribution in [2.45, 2.75) is 19.4 Å². The monoisotopic (exact) mass is 295 g/mol. The van der Waals surface area contributed by atoms with Crippen LogP contribution in [0.25, 0.3) is 0 Å². The molecule has 0 heterocycles. The van der Waals surface area contributed by atoms with Crippen LogP contribution in [0.1, 0.15) is 23.7 Å². The van der Waals surface area contributed by atoms with E-state index in [2.05, 4.69) is 5.32 Å². The maximum atomic E-state index is 11.9. The Bertz CT molecular complexity index is 568. The molecule has 0 fully saturated rings. The lowest BCUT2D eigenvalue weighted by atomic mass is 10.2. The third kappa shape index (κ3) is 3.87. The lowest BCUT2D eigenvalue weighted by Crippen LogP contribution is -2.38. The Labute approximate surface area is 121 Å². The number of carbonyl (C=O) groups excluding carboxylic acids is 1. The maximum absolute atomic E-state index is 11.9. The van der Waals surface area contributed by atoms with Crippen LogP contribution in [0.15, 0.2) is 18.2 Å². The number of rotatable bonds is 4. The van der Waals surface area contributed by atoms with Crippen molar-refractivity contribution in [3.05, 3.63) is 28.8 Å². The smallest absolute Gasteiger partial charge is 0.337 e. The normalized spacial score (nSPS) is 11.3. The quantitative estimate of drug-likeness (QED) is 0.893. The molecule has 1 unspecified atom stereocenters. The van der Waals surface area contributed by atoms with Gasteiger partial charge in [0.2, 0.25) is 0 Å². The number of urea groups is 1. The van der Waals surface area contributed by atoms with E-state index in [0.717, 1.165) is 0 Å². The highest BCUT2D eigenvalue weighted by Gasteiger charge is 2.16. The van der Waals surface area contributed by atoms with Gasteiger partial charge in [-0.2, -0.15) is 5.26 Å². The molecule has 2 amide bonds. The summed E-state index contributed by atoms with van der Waals surface area (Å²) < 4.78 is 0. The lowest BCUT2D eigenvalue weighted by Gasteiger charge is -2.23. The summed E-state index contributed by atoms with van der Waals surface area (Å²) in [6.07, 6.45) is 0.225. The summed E-state index contributed by atoms with van der Waals surface area (Å²) >= 11 is 5.81. The van der Waals surface area contributed by atoms with Gasteiger partial charge in [0.1, 0.15) is 0 Å². The van der Waals surface area contributed by atoms with E-state index in [4.69, 9.17) is 22.0 Å². The van der Waals surface area contributed by atoms with Crippen molar-refractivity contribution in [1.82, 2.24) is 4.90 Å². The van der Waals surface area contributed by atoms with E-state index in [9.17, 15) is 9.59 Å². The van der Waals surface area contributed by atoms with E-state index in [1.807, 2.05) is 6.07 Å². The van der Waals surface area contributed by atoms with Crippen LogP contribution in [0.4, 0.5) is 10.5 Å². The van der Waals surface area contributed by atoms with Crippen LogP contribution in [0.5, 0.6) is 0 Å². The first-order chi connectivity index (χ1) is 9.36. The average molecular weight is 296 g/mol. The Kier molecular flexibility index (Phi) is 5.35. The zero-order valence-electron chi connectivity index (χ0n) is 11.1. The maximum Gasteiger partial charge on any atom is 0.337 e. The van der Waals surface area contributed by atoms with E-state index >= 15 is 0 Å². The first-order valence-corrected chi connectivity index (χ1v) is 6.18. The number of carbonyl (C=O) groups is 2. The number of carboxylic acids is 1. The van der Waals surface area contributed by atoms with E-state index in [1.54, 1.807) is 14.0 Å². The molecule has 0 bridgehead atoms. The Morgan fingerprint density at radius 1 is 1.55 bits per heavy atom. The molecule has 0 aliphatic rings. The van der Waals surface area contributed by atoms with Gasteiger partial charge < -0.3 is 15.3 Å². The van der Waals surface area contributed by atoms with Crippen molar-refractivity contribution in [3.63, 3.8) is 0 Å². The minimum Gasteiger partial charge on any atom is -0.478 e. The van der Waals surface area contributed by atoms with Gasteiger partial charge in [0.15, 0.2) is 0 Å². The number of hydrogen-bond donors (Lipinski definition) is 2. The standard InChI is InChI=1S/C13H14ClN3O3/c1-8(5-6-15)17(2)13(20)16-9-3-4-10(12(18)19)11(14)7-9/h3-4,7-8H,5H2,1-2H3,(H,16,20)(H,18,19). The van der Waals surface area contributed by atoms with E-state index < -0.39 is 12.0 Å². The molecule has 0 saturated carbocycles. The summed E-state index contributed by atoms with van der Waals surface area (Å²) in [5.41, 5.74) is 0.358. The topological polar surface area (TPSA) is 93.4 Å². The fourth-order valence-corrected chi connectivity index (χ4v) is 1.71. The number of nitrogens with zero attached hydrogens (tertiary/aromatic N) is 2. The minimum atomic E-state index is -1.13. The molecule has 0 aromatic heterocycles. The molecular formula is C13H14ClN3O3. The Balaban J connectivity index is 2.79. The number of benzene rings is 1. The second-order valence-corrected chi connectivity index (χ2v) is 4.66. The van der Waals surface area contributed by atoms with Gasteiger partial charge in [0.05, 0.1) is 23.1 Å². The van der Waals surface area contributed by atoms with Gasteiger partial charge in [-0.15, -0.1) is 0 Å². The van der Waals surface area contributed by atoms with Gasteiger partial charge in [0.25, 0.3) is 0 Å². The molecule has 0 radical (unpaired) electrons. The van der Waals surface area contributed by atoms with Gasteiger partial charge in [-0.25, -0.2) is 9.59 Å². The van der Waals surface area contributed by atoms with Gasteiger partial charge in [-0.05, 0) is 25.1 Å². The van der Waals surface area contributed by atoms with E-state index in [-0.39, 0.29) is 23.0 Å². The second kappa shape index (κ2) is 6.78. The number of anilines is 1. The molecule has 0 spiro atoms. The highest BCUT2D eigenvalue weighted by atomic mass is 35.5. The zero-order valence-corrected chi connectivity index (χ0v) is 11.8. The van der Waals surface area contributed by atoms with Gasteiger partial charge in [-0.3, -0.25) is 0 Å². The van der Waals surface area contributed by atoms with Crippen molar-refractivity contribution in [1.29, 1.82) is 5.26 Å². The molecule has 106 valence electrons. The average Bonchev–Trinajstić information content (AvgIpc) is 2.37. The number of nitrogens with one attached hydrogen (secondary N) is 1. The molecule has 0 aliphatic carbocycles. The highest BCUT2D eigenvalue weighted by molar-refractivity contribution is 6.33. The third-order valence-electron chi connectivity index (χ3n) is 2.82. The molecule has 1 aromatic carbocycles. The molecule has 1 rings (SSSR count). The van der Waals surface area contributed by atoms with Gasteiger partial charge in [-0.1, -0.05) is 11.6 Å². The van der Waals surface area contributed by atoms with Crippen molar-refractivity contribution >= 4 is 29.3 Å². The highest BCUT2D eigenvalue weighted by Crippen LogP contribution is 2.21. The summed E-state index contributed by atoms with van der Waals surface area (Å²) in [5.74, 6) is -1.13. The number of halogens is 1. The number of amides is 2. The predicted molar refractivity (Wildman–Crippen MR) is 74.9 cm³/mol. The Morgan fingerprint density at radius 2 is 2.20 bits per heavy atom. The van der Waals surface area contributed by atoms with E-state index in [0.29, 0.717) is 5.69 Å². The molecule has 0 aliphatic heterocycles. The zero-order chi connectivity index (χ0) is 15.3. The van der Waals surface area contributed by atoms with Crippen molar-refractivity contribution < 1.29 is 14.7 Å². The Morgan fingerprint density at radius 3 is 2.70 bits per heavy atom. The summed E-state index contributed by atoms with van der Waals surface area (Å²) in [6, 6.07) is 5.50. The van der Waals surface area contributed by atoms with Crippen LogP contribution in [0.3, 0.4) is 0 Å². The molecule has 20 heavy (non-hydrogen) atoms. The second-order valence-electron chi connectivity index (χ2n) is 4.25. The predicted octanol–water partition coefficient (Wildman–Crippen LogP) is 2.80. The SMILES string of the molecule is CC(CC#N)N(C)C(=O)Nc1ccc(C(=O)O)c(Cl)c1. The van der Waals surface area contributed by atoms with Crippen LogP contribution in [-0.2, 0) is 0 Å². The van der Waals surface area contributed by atoms with Crippen LogP contribution >= 0.6 is 11.6 Å². The van der Waals surface area contributed by atoms with Crippen molar-refractivity contribution in [3.8, 4) is 6.07 Å². The molecular weight excluding hydrogens is 282 g/mol. The lowest BCUT2D eigenvalue weighted by molar-refractivity contribution is 0.0697. The summed E-state index contributed by atoms with van der Waals surface area (Å²) in [6.45, 7) is 1.75. The summed E-state index contributed by atoms with van der Waals surface area (Å²) in [7, 11) is 1.57. The summed E-state index contributed by atoms with van der Waals surface area (Å²) in [4.78, 5) is 24.1. The molecule has 1 aromatic rings. The number of aromatic carboxylic acids is 1. The van der Waals surface area contributed by atoms with Crippen LogP contribution in [0, 0.1) is 11.3 Å². The van der Waals surface area contributed by atoms with E-state index in [1.165, 1.54) is 23.1 Å². The first kappa shape index (κ1) is 15.8. The van der Waals surface area contributed by atoms with Crippen LogP contribution in [-0.4, -0.2) is 35.1 Å². The molecule has 2 N–H and O–H groups in total.